The Morgan fingerprint density at radius 3 is 2.42 bits per heavy atom. The lowest BCUT2D eigenvalue weighted by Crippen LogP contribution is -2.05. The topological polar surface area (TPSA) is 62.7 Å². The van der Waals surface area contributed by atoms with Crippen LogP contribution in [0, 0.1) is 20.8 Å². The lowest BCUT2D eigenvalue weighted by Gasteiger charge is -2.11. The molecule has 0 aliphatic carbocycles. The zero-order chi connectivity index (χ0) is 16.9. The monoisotopic (exact) mass is 319 g/mol. The predicted octanol–water partition coefficient (Wildman–Crippen LogP) is 4.15. The van der Waals surface area contributed by atoms with Crippen LogP contribution in [0.2, 0.25) is 0 Å². The van der Waals surface area contributed by atoms with E-state index in [1.54, 1.807) is 12.4 Å². The average molecular weight is 319 g/mol. The van der Waals surface area contributed by atoms with Gasteiger partial charge in [-0.05, 0) is 61.7 Å². The van der Waals surface area contributed by atoms with Crippen LogP contribution in [0.4, 0.5) is 17.5 Å². The smallest absolute Gasteiger partial charge is 0.229 e. The second-order valence-corrected chi connectivity index (χ2v) is 5.85. The van der Waals surface area contributed by atoms with Crippen molar-refractivity contribution >= 4 is 17.5 Å². The molecule has 2 aromatic heterocycles. The molecule has 0 unspecified atom stereocenters. The maximum Gasteiger partial charge on any atom is 0.229 e. The summed E-state index contributed by atoms with van der Waals surface area (Å²) in [5.74, 6) is 1.39. The fourth-order valence-electron chi connectivity index (χ4n) is 2.36. The minimum absolute atomic E-state index is 0.593. The Morgan fingerprint density at radius 2 is 1.67 bits per heavy atom. The normalized spacial score (nSPS) is 10.5. The van der Waals surface area contributed by atoms with Gasteiger partial charge >= 0.3 is 0 Å². The van der Waals surface area contributed by atoms with E-state index < -0.39 is 0 Å². The second kappa shape index (κ2) is 7.08. The molecule has 1 aromatic carbocycles. The molecule has 0 fully saturated rings. The van der Waals surface area contributed by atoms with Crippen LogP contribution in [-0.4, -0.2) is 15.0 Å². The third kappa shape index (κ3) is 4.07. The summed E-state index contributed by atoms with van der Waals surface area (Å²) >= 11 is 0. The summed E-state index contributed by atoms with van der Waals surface area (Å²) in [5, 5.41) is 6.61. The summed E-state index contributed by atoms with van der Waals surface area (Å²) in [6.45, 7) is 6.86. The fraction of sp³-hybridized carbons (Fsp3) is 0.211. The predicted molar refractivity (Wildman–Crippen MR) is 97.5 cm³/mol. The van der Waals surface area contributed by atoms with Crippen LogP contribution in [0.1, 0.15) is 22.4 Å². The first-order valence-electron chi connectivity index (χ1n) is 7.93. The Morgan fingerprint density at radius 1 is 0.875 bits per heavy atom. The Balaban J connectivity index is 1.74. The van der Waals surface area contributed by atoms with E-state index in [0.29, 0.717) is 12.5 Å². The number of pyridine rings is 1. The molecule has 0 saturated carbocycles. The summed E-state index contributed by atoms with van der Waals surface area (Å²) in [6.07, 6.45) is 3.57. The molecular formula is C19H21N5. The van der Waals surface area contributed by atoms with Crippen molar-refractivity contribution in [1.29, 1.82) is 0 Å². The maximum absolute atomic E-state index is 4.55. The Labute approximate surface area is 142 Å². The van der Waals surface area contributed by atoms with Crippen molar-refractivity contribution in [3.05, 3.63) is 71.2 Å². The molecule has 2 heterocycles. The molecular weight excluding hydrogens is 298 g/mol. The number of nitrogens with one attached hydrogen (secondary N) is 2. The average Bonchev–Trinajstić information content (AvgIpc) is 2.57. The van der Waals surface area contributed by atoms with Crippen molar-refractivity contribution in [1.82, 2.24) is 15.0 Å². The molecule has 5 nitrogen and oxygen atoms in total. The van der Waals surface area contributed by atoms with Gasteiger partial charge in [-0.25, -0.2) is 4.98 Å². The highest BCUT2D eigenvalue weighted by atomic mass is 15.1. The summed E-state index contributed by atoms with van der Waals surface area (Å²) in [7, 11) is 0. The Bertz CT molecular complexity index is 830. The molecule has 0 bridgehead atoms. The summed E-state index contributed by atoms with van der Waals surface area (Å²) in [6, 6.07) is 12.1. The van der Waals surface area contributed by atoms with Gasteiger partial charge in [0.1, 0.15) is 5.82 Å². The zero-order valence-corrected chi connectivity index (χ0v) is 14.2. The number of aromatic nitrogens is 3. The first-order chi connectivity index (χ1) is 11.6. The number of rotatable bonds is 5. The van der Waals surface area contributed by atoms with Crippen LogP contribution in [0.5, 0.6) is 0 Å². The third-order valence-electron chi connectivity index (χ3n) is 3.84. The zero-order valence-electron chi connectivity index (χ0n) is 14.2. The highest BCUT2D eigenvalue weighted by Gasteiger charge is 2.04. The third-order valence-corrected chi connectivity index (χ3v) is 3.84. The molecule has 3 aromatic rings. The molecule has 24 heavy (non-hydrogen) atoms. The molecule has 0 radical (unpaired) electrons. The number of nitrogens with zero attached hydrogens (tertiary/aromatic N) is 3. The van der Waals surface area contributed by atoms with Crippen molar-refractivity contribution in [3.63, 3.8) is 0 Å². The molecule has 3 rings (SSSR count). The summed E-state index contributed by atoms with van der Waals surface area (Å²) in [4.78, 5) is 13.0. The van der Waals surface area contributed by atoms with Gasteiger partial charge in [-0.2, -0.15) is 4.98 Å². The van der Waals surface area contributed by atoms with Crippen LogP contribution in [0.15, 0.2) is 48.8 Å². The van der Waals surface area contributed by atoms with E-state index in [0.717, 1.165) is 22.8 Å². The van der Waals surface area contributed by atoms with Crippen LogP contribution in [0.25, 0.3) is 0 Å². The van der Waals surface area contributed by atoms with Crippen LogP contribution >= 0.6 is 0 Å². The van der Waals surface area contributed by atoms with E-state index in [1.165, 1.54) is 11.1 Å². The lowest BCUT2D eigenvalue weighted by molar-refractivity contribution is 1.05. The van der Waals surface area contributed by atoms with Crippen molar-refractivity contribution < 1.29 is 0 Å². The van der Waals surface area contributed by atoms with E-state index in [2.05, 4.69) is 51.6 Å². The molecule has 0 spiro atoms. The maximum atomic E-state index is 4.55. The number of aryl methyl sites for hydroxylation is 3. The first kappa shape index (κ1) is 15.9. The minimum Gasteiger partial charge on any atom is -0.366 e. The Kier molecular flexibility index (Phi) is 4.70. The van der Waals surface area contributed by atoms with Gasteiger partial charge in [-0.15, -0.1) is 0 Å². The Hall–Kier alpha value is -2.95. The number of hydrogen-bond donors (Lipinski definition) is 2. The first-order valence-corrected chi connectivity index (χ1v) is 7.93. The highest BCUT2D eigenvalue weighted by Crippen LogP contribution is 2.19. The van der Waals surface area contributed by atoms with Gasteiger partial charge in [-0.3, -0.25) is 4.98 Å². The quantitative estimate of drug-likeness (QED) is 0.739. The van der Waals surface area contributed by atoms with E-state index in [9.17, 15) is 0 Å². The van der Waals surface area contributed by atoms with E-state index in [-0.39, 0.29) is 0 Å². The SMILES string of the molecule is Cc1cc(NCc2ccncc2)nc(Nc2ccc(C)c(C)c2)n1. The van der Waals surface area contributed by atoms with E-state index in [1.807, 2.05) is 31.2 Å². The molecule has 0 aliphatic heterocycles. The van der Waals surface area contributed by atoms with Gasteiger partial charge in [0.15, 0.2) is 0 Å². The number of hydrogen-bond acceptors (Lipinski definition) is 5. The van der Waals surface area contributed by atoms with Gasteiger partial charge in [0, 0.05) is 36.4 Å². The van der Waals surface area contributed by atoms with Crippen molar-refractivity contribution in [3.8, 4) is 0 Å². The standard InChI is InChI=1S/C19H21N5/c1-13-4-5-17(10-14(13)2)23-19-22-15(3)11-18(24-19)21-12-16-6-8-20-9-7-16/h4-11H,12H2,1-3H3,(H2,21,22,23,24). The van der Waals surface area contributed by atoms with Gasteiger partial charge in [0.05, 0.1) is 0 Å². The van der Waals surface area contributed by atoms with Gasteiger partial charge < -0.3 is 10.6 Å². The molecule has 0 saturated heterocycles. The molecule has 122 valence electrons. The lowest BCUT2D eigenvalue weighted by atomic mass is 10.1. The van der Waals surface area contributed by atoms with Crippen molar-refractivity contribution in [2.45, 2.75) is 27.3 Å². The van der Waals surface area contributed by atoms with Crippen molar-refractivity contribution in [2.24, 2.45) is 0 Å². The molecule has 0 amide bonds. The van der Waals surface area contributed by atoms with Crippen LogP contribution in [-0.2, 0) is 6.54 Å². The fourth-order valence-corrected chi connectivity index (χ4v) is 2.36. The molecule has 0 aliphatic rings. The minimum atomic E-state index is 0.593. The highest BCUT2D eigenvalue weighted by molar-refractivity contribution is 5.57. The second-order valence-electron chi connectivity index (χ2n) is 5.85. The van der Waals surface area contributed by atoms with Crippen LogP contribution < -0.4 is 10.6 Å². The van der Waals surface area contributed by atoms with E-state index >= 15 is 0 Å². The molecule has 2 N–H and O–H groups in total. The van der Waals surface area contributed by atoms with Crippen molar-refractivity contribution in [2.75, 3.05) is 10.6 Å². The number of benzene rings is 1. The summed E-state index contributed by atoms with van der Waals surface area (Å²) < 4.78 is 0. The largest absolute Gasteiger partial charge is 0.366 e. The van der Waals surface area contributed by atoms with E-state index in [4.69, 9.17) is 0 Å². The van der Waals surface area contributed by atoms with Gasteiger partial charge in [-0.1, -0.05) is 6.07 Å². The van der Waals surface area contributed by atoms with Gasteiger partial charge in [0.2, 0.25) is 5.95 Å². The van der Waals surface area contributed by atoms with Crippen LogP contribution in [0.3, 0.4) is 0 Å². The molecule has 5 heteroatoms. The molecule has 0 atom stereocenters. The van der Waals surface area contributed by atoms with Gasteiger partial charge in [0.25, 0.3) is 0 Å². The number of anilines is 3. The summed E-state index contributed by atoms with van der Waals surface area (Å²) in [5.41, 5.74) is 5.57.